The van der Waals surface area contributed by atoms with Crippen LogP contribution < -0.4 is 0 Å². The number of hydrogen-bond donors (Lipinski definition) is 1. The fourth-order valence-electron chi connectivity index (χ4n) is 1.86. The highest BCUT2D eigenvalue weighted by Crippen LogP contribution is 2.29. The van der Waals surface area contributed by atoms with Crippen LogP contribution in [0.2, 0.25) is 0 Å². The first-order valence-electron chi connectivity index (χ1n) is 6.53. The number of rotatable bonds is 7. The largest absolute Gasteiger partial charge is 0.481 e. The average molecular weight is 319 g/mol. The van der Waals surface area contributed by atoms with Crippen LogP contribution in [0.25, 0.3) is 10.6 Å². The van der Waals surface area contributed by atoms with E-state index in [9.17, 15) is 4.79 Å². The van der Waals surface area contributed by atoms with Crippen LogP contribution in [0.5, 0.6) is 0 Å². The molecular weight excluding hydrogens is 302 g/mol. The molecule has 1 aromatic carbocycles. The van der Waals surface area contributed by atoms with Crippen molar-refractivity contribution in [2.45, 2.75) is 19.1 Å². The summed E-state index contributed by atoms with van der Waals surface area (Å²) in [5, 5.41) is 11.5. The Morgan fingerprint density at radius 1 is 1.43 bits per heavy atom. The molecule has 0 unspecified atom stereocenters. The Hall–Kier alpha value is -1.59. The molecule has 1 N–H and O–H groups in total. The molecular formula is C16H17NO2S2. The Bertz CT molecular complexity index is 649. The Morgan fingerprint density at radius 3 is 2.90 bits per heavy atom. The second kappa shape index (κ2) is 7.43. The fraction of sp³-hybridized carbons (Fsp3) is 0.250. The zero-order chi connectivity index (χ0) is 15.2. The third-order valence-corrected chi connectivity index (χ3v) is 4.87. The van der Waals surface area contributed by atoms with Crippen molar-refractivity contribution < 1.29 is 9.90 Å². The van der Waals surface area contributed by atoms with E-state index >= 15 is 0 Å². The molecule has 0 spiro atoms. The molecule has 0 saturated carbocycles. The van der Waals surface area contributed by atoms with Gasteiger partial charge in [0.1, 0.15) is 5.01 Å². The number of aromatic nitrogens is 1. The van der Waals surface area contributed by atoms with Crippen molar-refractivity contribution in [2.75, 3.05) is 5.75 Å². The van der Waals surface area contributed by atoms with Crippen molar-refractivity contribution in [3.8, 4) is 10.6 Å². The highest BCUT2D eigenvalue weighted by atomic mass is 32.2. The molecule has 2 aromatic rings. The predicted octanol–water partition coefficient (Wildman–Crippen LogP) is 4.25. The van der Waals surface area contributed by atoms with E-state index in [4.69, 9.17) is 5.11 Å². The van der Waals surface area contributed by atoms with Crippen LogP contribution in [-0.2, 0) is 17.0 Å². The molecule has 0 aliphatic heterocycles. The van der Waals surface area contributed by atoms with E-state index in [2.05, 4.69) is 17.6 Å². The second-order valence-electron chi connectivity index (χ2n) is 4.82. The van der Waals surface area contributed by atoms with Crippen molar-refractivity contribution in [1.82, 2.24) is 4.98 Å². The number of carbonyl (C=O) groups is 1. The molecule has 0 aliphatic carbocycles. The molecule has 0 fully saturated rings. The second-order valence-corrected chi connectivity index (χ2v) is 6.67. The Morgan fingerprint density at radius 2 is 2.19 bits per heavy atom. The summed E-state index contributed by atoms with van der Waals surface area (Å²) in [5.74, 6) is 0.991. The molecule has 21 heavy (non-hydrogen) atoms. The van der Waals surface area contributed by atoms with Crippen LogP contribution in [0, 0.1) is 0 Å². The van der Waals surface area contributed by atoms with Crippen LogP contribution in [0.1, 0.15) is 18.2 Å². The van der Waals surface area contributed by atoms with Gasteiger partial charge in [-0.25, -0.2) is 4.98 Å². The zero-order valence-corrected chi connectivity index (χ0v) is 13.5. The third-order valence-electron chi connectivity index (χ3n) is 2.74. The maximum atomic E-state index is 10.7. The van der Waals surface area contributed by atoms with E-state index in [1.807, 2.05) is 42.3 Å². The van der Waals surface area contributed by atoms with Gasteiger partial charge in [-0.05, 0) is 12.5 Å². The van der Waals surface area contributed by atoms with E-state index in [0.29, 0.717) is 5.69 Å². The molecule has 3 nitrogen and oxygen atoms in total. The number of thiazole rings is 1. The number of benzene rings is 1. The number of carboxylic acids is 1. The van der Waals surface area contributed by atoms with Gasteiger partial charge >= 0.3 is 5.97 Å². The van der Waals surface area contributed by atoms with Crippen LogP contribution in [0.4, 0.5) is 0 Å². The summed E-state index contributed by atoms with van der Waals surface area (Å²) in [6.45, 7) is 5.94. The lowest BCUT2D eigenvalue weighted by Gasteiger charge is -2.07. The normalized spacial score (nSPS) is 10.5. The Balaban J connectivity index is 2.17. The predicted molar refractivity (Wildman–Crippen MR) is 89.9 cm³/mol. The Kier molecular flexibility index (Phi) is 5.59. The topological polar surface area (TPSA) is 50.2 Å². The van der Waals surface area contributed by atoms with Gasteiger partial charge in [-0.1, -0.05) is 36.4 Å². The molecule has 0 atom stereocenters. The third kappa shape index (κ3) is 4.72. The van der Waals surface area contributed by atoms with E-state index in [1.54, 1.807) is 0 Å². The van der Waals surface area contributed by atoms with Gasteiger partial charge in [-0.15, -0.1) is 11.3 Å². The summed E-state index contributed by atoms with van der Waals surface area (Å²) in [6, 6.07) is 8.14. The minimum Gasteiger partial charge on any atom is -0.481 e. The summed E-state index contributed by atoms with van der Waals surface area (Å²) in [4.78, 5) is 15.2. The standard InChI is InChI=1S/C16H17NO2S2/c1-11(2)8-20-9-12-5-3-4-6-14(12)16-17-13(10-21-16)7-15(18)19/h3-6,10H,1,7-9H2,2H3,(H,18,19). The van der Waals surface area contributed by atoms with Gasteiger partial charge in [-0.3, -0.25) is 4.79 Å². The van der Waals surface area contributed by atoms with E-state index < -0.39 is 5.97 Å². The molecule has 110 valence electrons. The summed E-state index contributed by atoms with van der Waals surface area (Å²) in [6.07, 6.45) is -0.0247. The van der Waals surface area contributed by atoms with Gasteiger partial charge in [0.25, 0.3) is 0 Å². The quantitative estimate of drug-likeness (QED) is 0.775. The number of nitrogens with zero attached hydrogens (tertiary/aromatic N) is 1. The summed E-state index contributed by atoms with van der Waals surface area (Å²) < 4.78 is 0. The van der Waals surface area contributed by atoms with E-state index in [-0.39, 0.29) is 6.42 Å². The first kappa shape index (κ1) is 15.8. The summed E-state index contributed by atoms with van der Waals surface area (Å²) in [7, 11) is 0. The Labute approximate surface area is 132 Å². The average Bonchev–Trinajstić information content (AvgIpc) is 2.86. The van der Waals surface area contributed by atoms with Gasteiger partial charge < -0.3 is 5.11 Å². The van der Waals surface area contributed by atoms with Crippen LogP contribution in [0.15, 0.2) is 41.8 Å². The first-order valence-corrected chi connectivity index (χ1v) is 8.56. The van der Waals surface area contributed by atoms with Crippen molar-refractivity contribution in [2.24, 2.45) is 0 Å². The molecule has 1 aromatic heterocycles. The number of hydrogen-bond acceptors (Lipinski definition) is 4. The highest BCUT2D eigenvalue weighted by molar-refractivity contribution is 7.98. The van der Waals surface area contributed by atoms with Crippen molar-refractivity contribution in [3.05, 3.63) is 53.1 Å². The lowest BCUT2D eigenvalue weighted by Crippen LogP contribution is -2.00. The van der Waals surface area contributed by atoms with Crippen LogP contribution in [0.3, 0.4) is 0 Å². The molecule has 0 saturated heterocycles. The lowest BCUT2D eigenvalue weighted by molar-refractivity contribution is -0.136. The van der Waals surface area contributed by atoms with Gasteiger partial charge in [-0.2, -0.15) is 11.8 Å². The van der Waals surface area contributed by atoms with Crippen molar-refractivity contribution >= 4 is 29.1 Å². The zero-order valence-electron chi connectivity index (χ0n) is 11.8. The molecule has 0 aliphatic rings. The van der Waals surface area contributed by atoms with Crippen molar-refractivity contribution in [3.63, 3.8) is 0 Å². The lowest BCUT2D eigenvalue weighted by atomic mass is 10.1. The molecule has 0 bridgehead atoms. The van der Waals surface area contributed by atoms with Crippen LogP contribution >= 0.6 is 23.1 Å². The fourth-order valence-corrected chi connectivity index (χ4v) is 3.66. The summed E-state index contributed by atoms with van der Waals surface area (Å²) in [5.41, 5.74) is 4.09. The van der Waals surface area contributed by atoms with E-state index in [1.165, 1.54) is 16.9 Å². The number of carboxylic acid groups (broad SMARTS) is 1. The van der Waals surface area contributed by atoms with Gasteiger partial charge in [0, 0.05) is 22.4 Å². The molecule has 0 amide bonds. The first-order chi connectivity index (χ1) is 10.1. The minimum atomic E-state index is -0.850. The van der Waals surface area contributed by atoms with Gasteiger partial charge in [0.2, 0.25) is 0 Å². The van der Waals surface area contributed by atoms with Crippen molar-refractivity contribution in [1.29, 1.82) is 0 Å². The molecule has 1 heterocycles. The maximum Gasteiger partial charge on any atom is 0.309 e. The SMILES string of the molecule is C=C(C)CSCc1ccccc1-c1nc(CC(=O)O)cs1. The summed E-state index contributed by atoms with van der Waals surface area (Å²) >= 11 is 3.32. The molecule has 5 heteroatoms. The minimum absolute atomic E-state index is 0.0247. The number of thioether (sulfide) groups is 1. The highest BCUT2D eigenvalue weighted by Gasteiger charge is 2.11. The number of aliphatic carboxylic acids is 1. The molecule has 0 radical (unpaired) electrons. The smallest absolute Gasteiger partial charge is 0.309 e. The molecule has 2 rings (SSSR count). The maximum absolute atomic E-state index is 10.7. The van der Waals surface area contributed by atoms with E-state index in [0.717, 1.165) is 27.6 Å². The van der Waals surface area contributed by atoms with Crippen LogP contribution in [-0.4, -0.2) is 21.8 Å². The van der Waals surface area contributed by atoms with Gasteiger partial charge in [0.05, 0.1) is 12.1 Å². The monoisotopic (exact) mass is 319 g/mol. The van der Waals surface area contributed by atoms with Gasteiger partial charge in [0.15, 0.2) is 0 Å².